The SMILES string of the molecule is CCc1ccc2nc(-c3ccn(-c4ccc(F)cc4)n3)ccc2c1. The molecule has 2 heterocycles. The first-order valence-corrected chi connectivity index (χ1v) is 7.94. The molecule has 4 rings (SSSR count). The van der Waals surface area contributed by atoms with Crippen LogP contribution in [0.2, 0.25) is 0 Å². The third-order valence-corrected chi connectivity index (χ3v) is 4.10. The van der Waals surface area contributed by atoms with E-state index in [1.54, 1.807) is 16.8 Å². The molecule has 118 valence electrons. The number of aryl methyl sites for hydroxylation is 1. The molecule has 24 heavy (non-hydrogen) atoms. The van der Waals surface area contributed by atoms with Gasteiger partial charge in [0.1, 0.15) is 11.5 Å². The summed E-state index contributed by atoms with van der Waals surface area (Å²) in [6, 6.07) is 18.6. The van der Waals surface area contributed by atoms with E-state index in [9.17, 15) is 4.39 Å². The highest BCUT2D eigenvalue weighted by Gasteiger charge is 2.07. The molecule has 2 aromatic carbocycles. The Hall–Kier alpha value is -3.01. The summed E-state index contributed by atoms with van der Waals surface area (Å²) in [7, 11) is 0. The van der Waals surface area contributed by atoms with E-state index in [1.165, 1.54) is 17.7 Å². The second-order valence-corrected chi connectivity index (χ2v) is 5.70. The van der Waals surface area contributed by atoms with Crippen LogP contribution in [0.15, 0.2) is 66.9 Å². The Kier molecular flexibility index (Phi) is 3.58. The van der Waals surface area contributed by atoms with Gasteiger partial charge >= 0.3 is 0 Å². The quantitative estimate of drug-likeness (QED) is 0.544. The molecule has 4 heteroatoms. The summed E-state index contributed by atoms with van der Waals surface area (Å²) < 4.78 is 14.8. The number of pyridine rings is 1. The van der Waals surface area contributed by atoms with Crippen LogP contribution in [0.1, 0.15) is 12.5 Å². The number of benzene rings is 2. The lowest BCUT2D eigenvalue weighted by atomic mass is 10.1. The summed E-state index contributed by atoms with van der Waals surface area (Å²) in [6.07, 6.45) is 2.87. The smallest absolute Gasteiger partial charge is 0.123 e. The molecule has 3 nitrogen and oxygen atoms in total. The molecule has 0 N–H and O–H groups in total. The number of halogens is 1. The summed E-state index contributed by atoms with van der Waals surface area (Å²) in [5.41, 5.74) is 4.70. The van der Waals surface area contributed by atoms with E-state index in [2.05, 4.69) is 36.3 Å². The van der Waals surface area contributed by atoms with Crippen LogP contribution >= 0.6 is 0 Å². The molecule has 0 unspecified atom stereocenters. The highest BCUT2D eigenvalue weighted by molar-refractivity contribution is 5.81. The van der Waals surface area contributed by atoms with E-state index in [0.29, 0.717) is 0 Å². The Bertz CT molecular complexity index is 1000. The molecule has 2 aromatic heterocycles. The van der Waals surface area contributed by atoms with Crippen molar-refractivity contribution in [1.82, 2.24) is 14.8 Å². The fourth-order valence-electron chi connectivity index (χ4n) is 2.74. The fourth-order valence-corrected chi connectivity index (χ4v) is 2.74. The van der Waals surface area contributed by atoms with E-state index < -0.39 is 0 Å². The van der Waals surface area contributed by atoms with Crippen LogP contribution < -0.4 is 0 Å². The molecule has 0 radical (unpaired) electrons. The van der Waals surface area contributed by atoms with Crippen LogP contribution in [0.25, 0.3) is 28.0 Å². The topological polar surface area (TPSA) is 30.7 Å². The van der Waals surface area contributed by atoms with E-state index in [0.717, 1.165) is 34.4 Å². The third-order valence-electron chi connectivity index (χ3n) is 4.10. The zero-order valence-corrected chi connectivity index (χ0v) is 13.3. The average molecular weight is 317 g/mol. The van der Waals surface area contributed by atoms with Crippen molar-refractivity contribution in [2.75, 3.05) is 0 Å². The van der Waals surface area contributed by atoms with Crippen molar-refractivity contribution in [2.45, 2.75) is 13.3 Å². The molecule has 0 aliphatic heterocycles. The van der Waals surface area contributed by atoms with Gasteiger partial charge in [0.2, 0.25) is 0 Å². The van der Waals surface area contributed by atoms with Crippen LogP contribution in [0.3, 0.4) is 0 Å². The van der Waals surface area contributed by atoms with Crippen molar-refractivity contribution in [2.24, 2.45) is 0 Å². The van der Waals surface area contributed by atoms with Crippen molar-refractivity contribution < 1.29 is 4.39 Å². The van der Waals surface area contributed by atoms with Gasteiger partial charge in [-0.05, 0) is 60.5 Å². The molecular formula is C20H16FN3. The van der Waals surface area contributed by atoms with Gasteiger partial charge in [-0.1, -0.05) is 19.1 Å². The first kappa shape index (κ1) is 14.6. The maximum atomic E-state index is 13.0. The van der Waals surface area contributed by atoms with Gasteiger partial charge in [0.15, 0.2) is 0 Å². The first-order valence-electron chi connectivity index (χ1n) is 7.94. The highest BCUT2D eigenvalue weighted by atomic mass is 19.1. The standard InChI is InChI=1S/C20H16FN3/c1-2-14-3-9-18-15(13-14)4-10-19(22-18)20-11-12-24(23-20)17-7-5-16(21)6-8-17/h3-13H,2H2,1H3. The Labute approximate surface area is 139 Å². The summed E-state index contributed by atoms with van der Waals surface area (Å²) in [4.78, 5) is 4.71. The third kappa shape index (κ3) is 2.67. The van der Waals surface area contributed by atoms with Gasteiger partial charge in [0.25, 0.3) is 0 Å². The Morgan fingerprint density at radius 2 is 1.75 bits per heavy atom. The van der Waals surface area contributed by atoms with Crippen molar-refractivity contribution >= 4 is 10.9 Å². The highest BCUT2D eigenvalue weighted by Crippen LogP contribution is 2.21. The zero-order valence-electron chi connectivity index (χ0n) is 13.3. The lowest BCUT2D eigenvalue weighted by Crippen LogP contribution is -1.95. The van der Waals surface area contributed by atoms with E-state index in [4.69, 9.17) is 4.98 Å². The van der Waals surface area contributed by atoms with Crippen LogP contribution in [-0.4, -0.2) is 14.8 Å². The monoisotopic (exact) mass is 317 g/mol. The zero-order chi connectivity index (χ0) is 16.5. The lowest BCUT2D eigenvalue weighted by Gasteiger charge is -2.03. The molecule has 0 aliphatic rings. The average Bonchev–Trinajstić information content (AvgIpc) is 3.11. The van der Waals surface area contributed by atoms with Gasteiger partial charge in [0, 0.05) is 11.6 Å². The van der Waals surface area contributed by atoms with Crippen molar-refractivity contribution in [3.05, 3.63) is 78.2 Å². The minimum Gasteiger partial charge on any atom is -0.246 e. The molecule has 0 amide bonds. The number of fused-ring (bicyclic) bond motifs is 1. The molecule has 0 saturated carbocycles. The normalized spacial score (nSPS) is 11.1. The molecule has 0 atom stereocenters. The minimum absolute atomic E-state index is 0.256. The Balaban J connectivity index is 1.71. The van der Waals surface area contributed by atoms with Gasteiger partial charge in [-0.2, -0.15) is 5.10 Å². The van der Waals surface area contributed by atoms with Gasteiger partial charge < -0.3 is 0 Å². The minimum atomic E-state index is -0.256. The van der Waals surface area contributed by atoms with E-state index >= 15 is 0 Å². The van der Waals surface area contributed by atoms with Crippen LogP contribution in [0.5, 0.6) is 0 Å². The molecule has 0 fully saturated rings. The van der Waals surface area contributed by atoms with Gasteiger partial charge in [-0.3, -0.25) is 0 Å². The molecule has 4 aromatic rings. The molecule has 0 spiro atoms. The first-order chi connectivity index (χ1) is 11.7. The summed E-state index contributed by atoms with van der Waals surface area (Å²) in [5.74, 6) is -0.256. The maximum absolute atomic E-state index is 13.0. The number of aromatic nitrogens is 3. The van der Waals surface area contributed by atoms with Crippen LogP contribution in [0, 0.1) is 5.82 Å². The van der Waals surface area contributed by atoms with Crippen molar-refractivity contribution in [3.63, 3.8) is 0 Å². The van der Waals surface area contributed by atoms with Crippen molar-refractivity contribution in [3.8, 4) is 17.1 Å². The molecular weight excluding hydrogens is 301 g/mol. The molecule has 0 saturated heterocycles. The lowest BCUT2D eigenvalue weighted by molar-refractivity contribution is 0.627. The Morgan fingerprint density at radius 3 is 2.54 bits per heavy atom. The predicted molar refractivity (Wildman–Crippen MR) is 93.6 cm³/mol. The summed E-state index contributed by atoms with van der Waals surface area (Å²) in [6.45, 7) is 2.14. The Morgan fingerprint density at radius 1 is 0.917 bits per heavy atom. The van der Waals surface area contributed by atoms with Crippen LogP contribution in [-0.2, 0) is 6.42 Å². The van der Waals surface area contributed by atoms with Crippen LogP contribution in [0.4, 0.5) is 4.39 Å². The molecule has 0 aliphatic carbocycles. The summed E-state index contributed by atoms with van der Waals surface area (Å²) in [5, 5.41) is 5.69. The van der Waals surface area contributed by atoms with Gasteiger partial charge in [0.05, 0.1) is 16.9 Å². The molecule has 0 bridgehead atoms. The number of hydrogen-bond donors (Lipinski definition) is 0. The maximum Gasteiger partial charge on any atom is 0.123 e. The van der Waals surface area contributed by atoms with E-state index in [1.807, 2.05) is 18.3 Å². The van der Waals surface area contributed by atoms with Gasteiger partial charge in [-0.25, -0.2) is 14.1 Å². The summed E-state index contributed by atoms with van der Waals surface area (Å²) >= 11 is 0. The largest absolute Gasteiger partial charge is 0.246 e. The van der Waals surface area contributed by atoms with Gasteiger partial charge in [-0.15, -0.1) is 0 Å². The second kappa shape index (κ2) is 5.89. The number of nitrogens with zero attached hydrogens (tertiary/aromatic N) is 3. The number of rotatable bonds is 3. The van der Waals surface area contributed by atoms with E-state index in [-0.39, 0.29) is 5.82 Å². The second-order valence-electron chi connectivity index (χ2n) is 5.70. The van der Waals surface area contributed by atoms with Crippen molar-refractivity contribution in [1.29, 1.82) is 0 Å². The number of hydrogen-bond acceptors (Lipinski definition) is 2. The fraction of sp³-hybridized carbons (Fsp3) is 0.100. The predicted octanol–water partition coefficient (Wildman–Crippen LogP) is 4.79.